The molecule has 0 atom stereocenters. The summed E-state index contributed by atoms with van der Waals surface area (Å²) in [5.74, 6) is 0.709. The lowest BCUT2D eigenvalue weighted by Gasteiger charge is -2.07. The van der Waals surface area contributed by atoms with Gasteiger partial charge in [0.25, 0.3) is 0 Å². The van der Waals surface area contributed by atoms with Crippen molar-refractivity contribution < 1.29 is 4.74 Å². The van der Waals surface area contributed by atoms with Gasteiger partial charge < -0.3 is 9.64 Å². The smallest absolute Gasteiger partial charge is 0.164 e. The molecule has 0 saturated carbocycles. The largest absolute Gasteiger partial charge is 0.495 e. The molecule has 2 aromatic rings. The Morgan fingerprint density at radius 3 is 2.71 bits per heavy atom. The summed E-state index contributed by atoms with van der Waals surface area (Å²) in [6.07, 6.45) is 3.41. The molecule has 0 amide bonds. The van der Waals surface area contributed by atoms with Crippen LogP contribution >= 0.6 is 22.9 Å². The Hall–Kier alpha value is -1.33. The molecule has 0 spiro atoms. The summed E-state index contributed by atoms with van der Waals surface area (Å²) in [6, 6.07) is 1.89. The average molecular weight is 270 g/mol. The van der Waals surface area contributed by atoms with E-state index in [0.717, 1.165) is 15.6 Å². The fourth-order valence-electron chi connectivity index (χ4n) is 1.34. The van der Waals surface area contributed by atoms with Crippen LogP contribution in [-0.4, -0.2) is 31.2 Å². The van der Waals surface area contributed by atoms with Gasteiger partial charge >= 0.3 is 0 Å². The first-order valence-corrected chi connectivity index (χ1v) is 6.14. The molecule has 2 heterocycles. The van der Waals surface area contributed by atoms with E-state index in [4.69, 9.17) is 16.3 Å². The fraction of sp³-hybridized carbons (Fsp3) is 0.273. The van der Waals surface area contributed by atoms with Crippen LogP contribution in [0.15, 0.2) is 18.5 Å². The molecule has 0 aliphatic carbocycles. The minimum absolute atomic E-state index is 0.512. The van der Waals surface area contributed by atoms with E-state index < -0.39 is 0 Å². The molecule has 90 valence electrons. The zero-order valence-electron chi connectivity index (χ0n) is 9.77. The highest BCUT2D eigenvalue weighted by Crippen LogP contribution is 2.36. The molecule has 0 fully saturated rings. The molecule has 0 aliphatic rings. The van der Waals surface area contributed by atoms with Gasteiger partial charge in [0.15, 0.2) is 5.15 Å². The van der Waals surface area contributed by atoms with Crippen LogP contribution in [0, 0.1) is 0 Å². The van der Waals surface area contributed by atoms with Gasteiger partial charge in [0.05, 0.1) is 13.3 Å². The first-order valence-electron chi connectivity index (χ1n) is 4.95. The number of hydrogen-bond acceptors (Lipinski definition) is 5. The molecule has 0 radical (unpaired) electrons. The predicted molar refractivity (Wildman–Crippen MR) is 71.2 cm³/mol. The van der Waals surface area contributed by atoms with E-state index >= 15 is 0 Å². The summed E-state index contributed by atoms with van der Waals surface area (Å²) in [4.78, 5) is 10.4. The topological polar surface area (TPSA) is 38.3 Å². The highest BCUT2D eigenvalue weighted by Gasteiger charge is 2.13. The van der Waals surface area contributed by atoms with E-state index in [9.17, 15) is 0 Å². The lowest BCUT2D eigenvalue weighted by molar-refractivity contribution is 0.413. The lowest BCUT2D eigenvalue weighted by Crippen LogP contribution is -2.06. The van der Waals surface area contributed by atoms with Gasteiger partial charge in [-0.2, -0.15) is 0 Å². The van der Waals surface area contributed by atoms with E-state index in [1.54, 1.807) is 19.5 Å². The molecule has 0 bridgehead atoms. The number of nitrogens with zero attached hydrogens (tertiary/aromatic N) is 3. The van der Waals surface area contributed by atoms with Crippen LogP contribution in [0.1, 0.15) is 0 Å². The van der Waals surface area contributed by atoms with Gasteiger partial charge in [-0.1, -0.05) is 22.9 Å². The summed E-state index contributed by atoms with van der Waals surface area (Å²) < 4.78 is 5.13. The Balaban J connectivity index is 2.42. The maximum absolute atomic E-state index is 6.07. The third-order valence-corrected chi connectivity index (χ3v) is 3.82. The number of methoxy groups -OCH3 is 1. The Morgan fingerprint density at radius 2 is 2.12 bits per heavy atom. The van der Waals surface area contributed by atoms with Gasteiger partial charge in [-0.15, -0.1) is 0 Å². The number of rotatable bonds is 3. The first kappa shape index (κ1) is 12.1. The van der Waals surface area contributed by atoms with Crippen molar-refractivity contribution in [2.24, 2.45) is 0 Å². The molecule has 17 heavy (non-hydrogen) atoms. The number of hydrogen-bond donors (Lipinski definition) is 0. The predicted octanol–water partition coefficient (Wildman–Crippen LogP) is 2.93. The highest BCUT2D eigenvalue weighted by molar-refractivity contribution is 7.19. The van der Waals surface area contributed by atoms with Gasteiger partial charge in [-0.05, 0) is 6.07 Å². The van der Waals surface area contributed by atoms with Crippen molar-refractivity contribution >= 4 is 27.9 Å². The van der Waals surface area contributed by atoms with Gasteiger partial charge in [-0.3, -0.25) is 4.98 Å². The van der Waals surface area contributed by atoms with Crippen molar-refractivity contribution in [3.63, 3.8) is 0 Å². The molecule has 2 aromatic heterocycles. The maximum Gasteiger partial charge on any atom is 0.164 e. The molecule has 2 rings (SSSR count). The van der Waals surface area contributed by atoms with Crippen LogP contribution in [0.25, 0.3) is 10.6 Å². The second kappa shape index (κ2) is 4.89. The number of anilines is 1. The molecular weight excluding hydrogens is 258 g/mol. The van der Waals surface area contributed by atoms with E-state index in [-0.39, 0.29) is 0 Å². The molecule has 4 nitrogen and oxygen atoms in total. The molecule has 0 aromatic carbocycles. The van der Waals surface area contributed by atoms with Gasteiger partial charge in [0.2, 0.25) is 0 Å². The monoisotopic (exact) mass is 269 g/mol. The van der Waals surface area contributed by atoms with Crippen molar-refractivity contribution in [3.05, 3.63) is 23.6 Å². The van der Waals surface area contributed by atoms with Crippen molar-refractivity contribution in [3.8, 4) is 16.3 Å². The number of aromatic nitrogens is 2. The second-order valence-corrected chi connectivity index (χ2v) is 4.96. The normalized spacial score (nSPS) is 10.4. The Bertz CT molecular complexity index is 527. The Kier molecular flexibility index (Phi) is 3.49. The van der Waals surface area contributed by atoms with E-state index in [1.807, 2.05) is 25.1 Å². The third kappa shape index (κ3) is 2.50. The van der Waals surface area contributed by atoms with Crippen LogP contribution in [0.3, 0.4) is 0 Å². The van der Waals surface area contributed by atoms with Gasteiger partial charge in [-0.25, -0.2) is 4.98 Å². The SMILES string of the molecule is COc1cncc(-c2nc(Cl)c(N(C)C)s2)c1. The lowest BCUT2D eigenvalue weighted by atomic mass is 10.3. The van der Waals surface area contributed by atoms with Crippen LogP contribution in [0.4, 0.5) is 5.00 Å². The van der Waals surface area contributed by atoms with Crippen molar-refractivity contribution in [1.29, 1.82) is 0 Å². The second-order valence-electron chi connectivity index (χ2n) is 3.62. The van der Waals surface area contributed by atoms with Gasteiger partial charge in [0, 0.05) is 25.9 Å². The number of halogens is 1. The number of pyridine rings is 1. The standard InChI is InChI=1S/C11H12ClN3OS/c1-15(2)11-9(12)14-10(17-11)7-4-8(16-3)6-13-5-7/h4-6H,1-3H3. The van der Waals surface area contributed by atoms with Crippen molar-refractivity contribution in [2.45, 2.75) is 0 Å². The Labute approximate surface area is 109 Å². The van der Waals surface area contributed by atoms with Gasteiger partial charge in [0.1, 0.15) is 15.8 Å². The minimum Gasteiger partial charge on any atom is -0.495 e. The highest BCUT2D eigenvalue weighted by atomic mass is 35.5. The summed E-state index contributed by atoms with van der Waals surface area (Å²) in [7, 11) is 5.49. The Morgan fingerprint density at radius 1 is 1.35 bits per heavy atom. The molecule has 0 saturated heterocycles. The zero-order valence-corrected chi connectivity index (χ0v) is 11.3. The van der Waals surface area contributed by atoms with Crippen LogP contribution < -0.4 is 9.64 Å². The molecule has 0 unspecified atom stereocenters. The summed E-state index contributed by atoms with van der Waals surface area (Å²) in [6.45, 7) is 0. The van der Waals surface area contributed by atoms with E-state index in [2.05, 4.69) is 9.97 Å². The third-order valence-electron chi connectivity index (χ3n) is 2.17. The van der Waals surface area contributed by atoms with E-state index in [1.165, 1.54) is 11.3 Å². The molecule has 0 aliphatic heterocycles. The molecule has 6 heteroatoms. The summed E-state index contributed by atoms with van der Waals surface area (Å²) >= 11 is 7.60. The fourth-order valence-corrected chi connectivity index (χ4v) is 2.62. The molecular formula is C11H12ClN3OS. The van der Waals surface area contributed by atoms with E-state index in [0.29, 0.717) is 10.9 Å². The summed E-state index contributed by atoms with van der Waals surface area (Å²) in [5.41, 5.74) is 0.907. The first-order chi connectivity index (χ1) is 8.11. The minimum atomic E-state index is 0.512. The van der Waals surface area contributed by atoms with Crippen LogP contribution in [0.2, 0.25) is 5.15 Å². The molecule has 0 N–H and O–H groups in total. The maximum atomic E-state index is 6.07. The number of thiazole rings is 1. The summed E-state index contributed by atoms with van der Waals surface area (Å²) in [5, 5.41) is 2.28. The van der Waals surface area contributed by atoms with Crippen LogP contribution in [0.5, 0.6) is 5.75 Å². The zero-order chi connectivity index (χ0) is 12.4. The van der Waals surface area contributed by atoms with Crippen LogP contribution in [-0.2, 0) is 0 Å². The quantitative estimate of drug-likeness (QED) is 0.859. The van der Waals surface area contributed by atoms with Crippen molar-refractivity contribution in [1.82, 2.24) is 9.97 Å². The number of ether oxygens (including phenoxy) is 1. The van der Waals surface area contributed by atoms with Crippen molar-refractivity contribution in [2.75, 3.05) is 26.1 Å². The average Bonchev–Trinajstić information content (AvgIpc) is 2.71.